The van der Waals surface area contributed by atoms with E-state index in [1.165, 1.54) is 12.1 Å². The summed E-state index contributed by atoms with van der Waals surface area (Å²) < 4.78 is 18.7. The molecule has 0 aliphatic carbocycles. The second-order valence-corrected chi connectivity index (χ2v) is 4.88. The smallest absolute Gasteiger partial charge is 0.238 e. The summed E-state index contributed by atoms with van der Waals surface area (Å²) in [6.45, 7) is 1.97. The first-order valence-electron chi connectivity index (χ1n) is 6.77. The maximum Gasteiger partial charge on any atom is 0.238 e. The lowest BCUT2D eigenvalue weighted by molar-refractivity contribution is 0.430. The Morgan fingerprint density at radius 1 is 1.30 bits per heavy atom. The van der Waals surface area contributed by atoms with Crippen molar-refractivity contribution in [2.75, 3.05) is 13.1 Å². The van der Waals surface area contributed by atoms with E-state index in [1.807, 2.05) is 0 Å². The van der Waals surface area contributed by atoms with Gasteiger partial charge in [-0.15, -0.1) is 0 Å². The molecular formula is C15H16FN3O. The minimum atomic E-state index is -0.330. The van der Waals surface area contributed by atoms with Crippen LogP contribution in [0.5, 0.6) is 11.6 Å². The van der Waals surface area contributed by atoms with Crippen LogP contribution in [0.15, 0.2) is 36.7 Å². The van der Waals surface area contributed by atoms with E-state index in [2.05, 4.69) is 15.3 Å². The molecule has 1 aliphatic heterocycles. The maximum atomic E-state index is 13.1. The molecule has 2 aromatic rings. The van der Waals surface area contributed by atoms with Gasteiger partial charge in [-0.25, -0.2) is 9.37 Å². The number of halogens is 1. The van der Waals surface area contributed by atoms with Crippen molar-refractivity contribution in [3.8, 4) is 11.6 Å². The van der Waals surface area contributed by atoms with Crippen molar-refractivity contribution in [3.63, 3.8) is 0 Å². The standard InChI is InChI=1S/C15H16FN3O/c16-12-4-1-5-13(7-12)20-15-10-18-9-14(19-15)11-3-2-6-17-8-11/h1,4-5,7,9-11,17H,2-3,6,8H2/t11-/m1/s1. The van der Waals surface area contributed by atoms with E-state index in [9.17, 15) is 4.39 Å². The number of hydrogen-bond donors (Lipinski definition) is 1. The Kier molecular flexibility index (Phi) is 3.87. The molecule has 1 atom stereocenters. The quantitative estimate of drug-likeness (QED) is 0.934. The summed E-state index contributed by atoms with van der Waals surface area (Å²) in [7, 11) is 0. The van der Waals surface area contributed by atoms with E-state index in [1.54, 1.807) is 24.5 Å². The summed E-state index contributed by atoms with van der Waals surface area (Å²) in [5, 5.41) is 3.35. The van der Waals surface area contributed by atoms with Gasteiger partial charge in [0.15, 0.2) is 0 Å². The summed E-state index contributed by atoms with van der Waals surface area (Å²) in [5.74, 6) is 0.868. The van der Waals surface area contributed by atoms with Gasteiger partial charge >= 0.3 is 0 Å². The van der Waals surface area contributed by atoms with Gasteiger partial charge in [0.05, 0.1) is 11.9 Å². The maximum absolute atomic E-state index is 13.1. The summed E-state index contributed by atoms with van der Waals surface area (Å²) in [5.41, 5.74) is 0.922. The molecule has 0 amide bonds. The topological polar surface area (TPSA) is 47.0 Å². The zero-order valence-electron chi connectivity index (χ0n) is 11.1. The van der Waals surface area contributed by atoms with E-state index in [0.717, 1.165) is 31.6 Å². The first-order chi connectivity index (χ1) is 9.81. The molecule has 1 aromatic heterocycles. The van der Waals surface area contributed by atoms with Crippen LogP contribution in [-0.2, 0) is 0 Å². The van der Waals surface area contributed by atoms with Gasteiger partial charge in [-0.3, -0.25) is 4.98 Å². The number of benzene rings is 1. The molecule has 104 valence electrons. The van der Waals surface area contributed by atoms with Crippen LogP contribution in [-0.4, -0.2) is 23.1 Å². The number of ether oxygens (including phenoxy) is 1. The average Bonchev–Trinajstić information content (AvgIpc) is 2.48. The van der Waals surface area contributed by atoms with E-state index in [-0.39, 0.29) is 5.82 Å². The van der Waals surface area contributed by atoms with Gasteiger partial charge in [0, 0.05) is 24.7 Å². The van der Waals surface area contributed by atoms with Gasteiger partial charge in [-0.2, -0.15) is 0 Å². The predicted octanol–water partition coefficient (Wildman–Crippen LogP) is 2.88. The molecule has 1 aromatic carbocycles. The molecular weight excluding hydrogens is 257 g/mol. The van der Waals surface area contributed by atoms with Crippen LogP contribution < -0.4 is 10.1 Å². The fraction of sp³-hybridized carbons (Fsp3) is 0.333. The highest BCUT2D eigenvalue weighted by Crippen LogP contribution is 2.24. The van der Waals surface area contributed by atoms with Crippen molar-refractivity contribution in [1.82, 2.24) is 15.3 Å². The third-order valence-electron chi connectivity index (χ3n) is 3.36. The van der Waals surface area contributed by atoms with E-state index >= 15 is 0 Å². The second-order valence-electron chi connectivity index (χ2n) is 4.88. The first kappa shape index (κ1) is 13.0. The third kappa shape index (κ3) is 3.11. The van der Waals surface area contributed by atoms with Crippen molar-refractivity contribution in [3.05, 3.63) is 48.2 Å². The highest BCUT2D eigenvalue weighted by molar-refractivity contribution is 5.27. The van der Waals surface area contributed by atoms with Crippen molar-refractivity contribution >= 4 is 0 Å². The molecule has 0 spiro atoms. The Morgan fingerprint density at radius 2 is 2.25 bits per heavy atom. The fourth-order valence-electron chi connectivity index (χ4n) is 2.36. The molecule has 4 nitrogen and oxygen atoms in total. The average molecular weight is 273 g/mol. The molecule has 1 N–H and O–H groups in total. The molecule has 1 aliphatic rings. The monoisotopic (exact) mass is 273 g/mol. The number of rotatable bonds is 3. The van der Waals surface area contributed by atoms with Crippen molar-refractivity contribution in [2.24, 2.45) is 0 Å². The van der Waals surface area contributed by atoms with E-state index < -0.39 is 0 Å². The molecule has 0 radical (unpaired) electrons. The molecule has 0 bridgehead atoms. The molecule has 0 unspecified atom stereocenters. The van der Waals surface area contributed by atoms with Crippen LogP contribution in [0.1, 0.15) is 24.5 Å². The van der Waals surface area contributed by atoms with Gasteiger partial charge in [-0.1, -0.05) is 6.07 Å². The third-order valence-corrected chi connectivity index (χ3v) is 3.36. The summed E-state index contributed by atoms with van der Waals surface area (Å²) >= 11 is 0. The molecule has 20 heavy (non-hydrogen) atoms. The Hall–Kier alpha value is -2.01. The zero-order chi connectivity index (χ0) is 13.8. The Labute approximate surface area is 117 Å². The Balaban J connectivity index is 1.77. The van der Waals surface area contributed by atoms with Crippen molar-refractivity contribution < 1.29 is 9.13 Å². The van der Waals surface area contributed by atoms with Crippen LogP contribution in [0.3, 0.4) is 0 Å². The molecule has 1 fully saturated rings. The van der Waals surface area contributed by atoms with Crippen molar-refractivity contribution in [1.29, 1.82) is 0 Å². The first-order valence-corrected chi connectivity index (χ1v) is 6.77. The van der Waals surface area contributed by atoms with E-state index in [0.29, 0.717) is 17.5 Å². The molecule has 5 heteroatoms. The number of nitrogens with one attached hydrogen (secondary N) is 1. The van der Waals surface area contributed by atoms with Crippen LogP contribution >= 0.6 is 0 Å². The Morgan fingerprint density at radius 3 is 3.05 bits per heavy atom. The highest BCUT2D eigenvalue weighted by Gasteiger charge is 2.17. The van der Waals surface area contributed by atoms with Crippen LogP contribution in [0.25, 0.3) is 0 Å². The van der Waals surface area contributed by atoms with Gasteiger partial charge in [0.1, 0.15) is 11.6 Å². The number of nitrogens with zero attached hydrogens (tertiary/aromatic N) is 2. The lowest BCUT2D eigenvalue weighted by atomic mass is 9.97. The highest BCUT2D eigenvalue weighted by atomic mass is 19.1. The number of hydrogen-bond acceptors (Lipinski definition) is 4. The summed E-state index contributed by atoms with van der Waals surface area (Å²) in [4.78, 5) is 8.64. The normalized spacial score (nSPS) is 18.8. The molecule has 3 rings (SSSR count). The minimum absolute atomic E-state index is 0.330. The number of piperidine rings is 1. The fourth-order valence-corrected chi connectivity index (χ4v) is 2.36. The van der Waals surface area contributed by atoms with Crippen LogP contribution in [0.2, 0.25) is 0 Å². The van der Waals surface area contributed by atoms with Crippen LogP contribution in [0, 0.1) is 5.82 Å². The lowest BCUT2D eigenvalue weighted by Crippen LogP contribution is -2.28. The van der Waals surface area contributed by atoms with Gasteiger partial charge < -0.3 is 10.1 Å². The Bertz CT molecular complexity index is 585. The lowest BCUT2D eigenvalue weighted by Gasteiger charge is -2.22. The molecule has 1 saturated heterocycles. The van der Waals surface area contributed by atoms with Crippen molar-refractivity contribution in [2.45, 2.75) is 18.8 Å². The van der Waals surface area contributed by atoms with Gasteiger partial charge in [0.25, 0.3) is 0 Å². The van der Waals surface area contributed by atoms with Crippen LogP contribution in [0.4, 0.5) is 4.39 Å². The van der Waals surface area contributed by atoms with Gasteiger partial charge in [0.2, 0.25) is 5.88 Å². The summed E-state index contributed by atoms with van der Waals surface area (Å²) in [6.07, 6.45) is 5.56. The number of aromatic nitrogens is 2. The predicted molar refractivity (Wildman–Crippen MR) is 73.4 cm³/mol. The SMILES string of the molecule is Fc1cccc(Oc2cncc([C@@H]3CCCNC3)n2)c1. The molecule has 2 heterocycles. The molecule has 0 saturated carbocycles. The largest absolute Gasteiger partial charge is 0.437 e. The second kappa shape index (κ2) is 5.96. The van der Waals surface area contributed by atoms with Gasteiger partial charge in [-0.05, 0) is 31.5 Å². The summed E-state index contributed by atoms with van der Waals surface area (Å²) in [6, 6.07) is 6.01. The van der Waals surface area contributed by atoms with E-state index in [4.69, 9.17) is 4.74 Å². The minimum Gasteiger partial charge on any atom is -0.437 e. The zero-order valence-corrected chi connectivity index (χ0v) is 11.1.